The van der Waals surface area contributed by atoms with Crippen LogP contribution in [-0.2, 0) is 11.3 Å². The molecule has 1 fully saturated rings. The average molecular weight is 523 g/mol. The van der Waals surface area contributed by atoms with Crippen molar-refractivity contribution in [3.63, 3.8) is 0 Å². The Hall–Kier alpha value is -4.51. The molecular weight excluding hydrogens is 498 g/mol. The van der Waals surface area contributed by atoms with Gasteiger partial charge in [-0.25, -0.2) is 8.78 Å². The van der Waals surface area contributed by atoms with Crippen LogP contribution in [0.5, 0.6) is 5.75 Å². The molecule has 0 atom stereocenters. The van der Waals surface area contributed by atoms with E-state index in [4.69, 9.17) is 9.47 Å². The molecule has 2 aromatic carbocycles. The van der Waals surface area contributed by atoms with Gasteiger partial charge in [-0.15, -0.1) is 0 Å². The lowest BCUT2D eigenvalue weighted by molar-refractivity contribution is 0.102. The number of benzene rings is 2. The number of nitrogens with one attached hydrogen (secondary N) is 2. The number of rotatable bonds is 6. The van der Waals surface area contributed by atoms with Gasteiger partial charge in [0.05, 0.1) is 32.4 Å². The first kappa shape index (κ1) is 25.2. The molecule has 0 saturated carbocycles. The average Bonchev–Trinajstić information content (AvgIpc) is 2.92. The number of fused-ring (bicyclic) bond motifs is 1. The van der Waals surface area contributed by atoms with Gasteiger partial charge in [-0.3, -0.25) is 14.4 Å². The molecule has 9 nitrogen and oxygen atoms in total. The summed E-state index contributed by atoms with van der Waals surface area (Å²) in [4.78, 5) is 43.4. The van der Waals surface area contributed by atoms with Gasteiger partial charge in [0.25, 0.3) is 11.5 Å². The third-order valence-electron chi connectivity index (χ3n) is 6.41. The zero-order valence-corrected chi connectivity index (χ0v) is 20.4. The highest BCUT2D eigenvalue weighted by Crippen LogP contribution is 2.21. The zero-order valence-electron chi connectivity index (χ0n) is 20.4. The molecule has 38 heavy (non-hydrogen) atoms. The number of morpholine rings is 1. The van der Waals surface area contributed by atoms with Gasteiger partial charge in [0, 0.05) is 42.3 Å². The lowest BCUT2D eigenvalue weighted by Gasteiger charge is -2.28. The number of ether oxygens (including phenoxy) is 2. The number of aromatic amines is 1. The van der Waals surface area contributed by atoms with Crippen LogP contribution in [0.1, 0.15) is 15.9 Å². The molecule has 1 aliphatic heterocycles. The van der Waals surface area contributed by atoms with E-state index in [1.54, 1.807) is 12.1 Å². The van der Waals surface area contributed by atoms with Crippen molar-refractivity contribution in [2.45, 2.75) is 6.54 Å². The van der Waals surface area contributed by atoms with E-state index in [0.717, 1.165) is 30.9 Å². The van der Waals surface area contributed by atoms with E-state index in [9.17, 15) is 23.2 Å². The maximum absolute atomic E-state index is 14.5. The van der Waals surface area contributed by atoms with Crippen molar-refractivity contribution in [2.24, 2.45) is 0 Å². The normalized spacial score (nSPS) is 13.5. The molecule has 11 heteroatoms. The second-order valence-corrected chi connectivity index (χ2v) is 8.73. The van der Waals surface area contributed by atoms with Crippen molar-refractivity contribution >= 4 is 28.3 Å². The summed E-state index contributed by atoms with van der Waals surface area (Å²) in [5, 5.41) is 2.68. The van der Waals surface area contributed by atoms with Crippen molar-refractivity contribution in [2.75, 3.05) is 43.6 Å². The summed E-state index contributed by atoms with van der Waals surface area (Å²) in [6.45, 7) is 2.44. The summed E-state index contributed by atoms with van der Waals surface area (Å²) in [7, 11) is 1.28. The molecule has 5 rings (SSSR count). The molecule has 0 radical (unpaired) electrons. The van der Waals surface area contributed by atoms with Crippen LogP contribution in [0.2, 0.25) is 0 Å². The molecule has 2 N–H and O–H groups in total. The Bertz CT molecular complexity index is 1610. The Labute approximate surface area is 215 Å². The van der Waals surface area contributed by atoms with Crippen LogP contribution in [0.4, 0.5) is 20.2 Å². The van der Waals surface area contributed by atoms with Crippen molar-refractivity contribution in [3.8, 4) is 5.75 Å². The van der Waals surface area contributed by atoms with Gasteiger partial charge < -0.3 is 29.2 Å². The molecule has 0 spiro atoms. The minimum atomic E-state index is -0.792. The fourth-order valence-corrected chi connectivity index (χ4v) is 4.39. The van der Waals surface area contributed by atoms with E-state index in [-0.39, 0.29) is 34.5 Å². The largest absolute Gasteiger partial charge is 0.491 e. The summed E-state index contributed by atoms with van der Waals surface area (Å²) in [6.07, 6.45) is 1.21. The Balaban J connectivity index is 1.53. The molecule has 196 valence electrons. The van der Waals surface area contributed by atoms with Gasteiger partial charge in [0.1, 0.15) is 22.7 Å². The summed E-state index contributed by atoms with van der Waals surface area (Å²) in [6, 6.07) is 11.9. The van der Waals surface area contributed by atoms with Gasteiger partial charge in [-0.1, -0.05) is 6.07 Å². The van der Waals surface area contributed by atoms with Crippen molar-refractivity contribution in [1.29, 1.82) is 0 Å². The number of amides is 1. The second-order valence-electron chi connectivity index (χ2n) is 8.73. The molecule has 3 heterocycles. The number of nitrogens with zero attached hydrogens (tertiary/aromatic N) is 2. The molecule has 1 saturated heterocycles. The number of methoxy groups -OCH3 is 1. The van der Waals surface area contributed by atoms with E-state index in [1.165, 1.54) is 30.0 Å². The Kier molecular flexibility index (Phi) is 6.93. The number of halogens is 2. The quantitative estimate of drug-likeness (QED) is 0.403. The van der Waals surface area contributed by atoms with Crippen LogP contribution in [0.25, 0.3) is 11.0 Å². The number of hydrogen-bond donors (Lipinski definition) is 2. The van der Waals surface area contributed by atoms with Crippen LogP contribution in [-0.4, -0.2) is 48.9 Å². The molecule has 0 aliphatic carbocycles. The first-order valence-electron chi connectivity index (χ1n) is 11.9. The van der Waals surface area contributed by atoms with Crippen LogP contribution < -0.4 is 25.9 Å². The number of aromatic nitrogens is 2. The highest BCUT2D eigenvalue weighted by Gasteiger charge is 2.20. The summed E-state index contributed by atoms with van der Waals surface area (Å²) >= 11 is 0. The maximum atomic E-state index is 14.5. The van der Waals surface area contributed by atoms with Crippen molar-refractivity contribution in [3.05, 3.63) is 98.1 Å². The van der Waals surface area contributed by atoms with E-state index in [0.29, 0.717) is 18.9 Å². The predicted octanol–water partition coefficient (Wildman–Crippen LogP) is 3.11. The highest BCUT2D eigenvalue weighted by molar-refractivity contribution is 6.05. The number of pyridine rings is 2. The monoisotopic (exact) mass is 522 g/mol. The number of carbonyl (C=O) groups is 1. The van der Waals surface area contributed by atoms with E-state index < -0.39 is 28.5 Å². The fourth-order valence-electron chi connectivity index (χ4n) is 4.39. The van der Waals surface area contributed by atoms with Crippen LogP contribution in [0.15, 0.2) is 64.3 Å². The summed E-state index contributed by atoms with van der Waals surface area (Å²) in [5.41, 5.74) is -0.646. The lowest BCUT2D eigenvalue weighted by Crippen LogP contribution is -2.36. The maximum Gasteiger partial charge on any atom is 0.290 e. The number of hydrogen-bond acceptors (Lipinski definition) is 6. The lowest BCUT2D eigenvalue weighted by atomic mass is 10.1. The molecular formula is C27H24F2N4O5. The summed E-state index contributed by atoms with van der Waals surface area (Å²) in [5.74, 6) is -2.42. The van der Waals surface area contributed by atoms with Crippen molar-refractivity contribution in [1.82, 2.24) is 9.55 Å². The van der Waals surface area contributed by atoms with Crippen LogP contribution in [0.3, 0.4) is 0 Å². The Morgan fingerprint density at radius 1 is 1.08 bits per heavy atom. The summed E-state index contributed by atoms with van der Waals surface area (Å²) < 4.78 is 40.7. The molecule has 4 aromatic rings. The first-order valence-corrected chi connectivity index (χ1v) is 11.9. The van der Waals surface area contributed by atoms with Gasteiger partial charge in [-0.2, -0.15) is 0 Å². The van der Waals surface area contributed by atoms with Crippen LogP contribution >= 0.6 is 0 Å². The SMILES string of the molecule is COc1cc2c([nH]c1=O)c(=O)c(C(=O)Nc1ccc(N3CCOCC3)cc1)cn2Cc1c(F)cccc1F. The fraction of sp³-hybridized carbons (Fsp3) is 0.222. The minimum absolute atomic E-state index is 0.0998. The smallest absolute Gasteiger partial charge is 0.290 e. The number of carbonyl (C=O) groups excluding carboxylic acids is 1. The molecule has 0 unspecified atom stereocenters. The Morgan fingerprint density at radius 3 is 2.42 bits per heavy atom. The van der Waals surface area contributed by atoms with E-state index in [2.05, 4.69) is 15.2 Å². The number of anilines is 2. The zero-order chi connectivity index (χ0) is 26.8. The van der Waals surface area contributed by atoms with Gasteiger partial charge in [0.15, 0.2) is 5.75 Å². The molecule has 2 aromatic heterocycles. The molecule has 1 aliphatic rings. The minimum Gasteiger partial charge on any atom is -0.491 e. The topological polar surface area (TPSA) is 106 Å². The van der Waals surface area contributed by atoms with Crippen molar-refractivity contribution < 1.29 is 23.0 Å². The number of H-pyrrole nitrogens is 1. The third-order valence-corrected chi connectivity index (χ3v) is 6.41. The van der Waals surface area contributed by atoms with Gasteiger partial charge in [-0.05, 0) is 36.4 Å². The van der Waals surface area contributed by atoms with E-state index >= 15 is 0 Å². The Morgan fingerprint density at radius 2 is 1.76 bits per heavy atom. The van der Waals surface area contributed by atoms with Crippen LogP contribution in [0, 0.1) is 11.6 Å². The second kappa shape index (κ2) is 10.5. The predicted molar refractivity (Wildman–Crippen MR) is 138 cm³/mol. The third kappa shape index (κ3) is 4.88. The van der Waals surface area contributed by atoms with E-state index in [1.807, 2.05) is 12.1 Å². The van der Waals surface area contributed by atoms with Gasteiger partial charge in [0.2, 0.25) is 5.43 Å². The molecule has 0 bridgehead atoms. The van der Waals surface area contributed by atoms with Gasteiger partial charge >= 0.3 is 0 Å². The highest BCUT2D eigenvalue weighted by atomic mass is 19.1. The standard InChI is InChI=1S/C27H24F2N4O5/c1-37-23-13-22-24(31-27(23)36)25(34)19(15-33(22)14-18-20(28)3-2-4-21(18)29)26(35)30-16-5-7-17(8-6-16)32-9-11-38-12-10-32/h2-8,13,15H,9-12,14H2,1H3,(H,30,35)(H,31,36). The first-order chi connectivity index (χ1) is 18.4. The molecule has 1 amide bonds.